The van der Waals surface area contributed by atoms with E-state index in [9.17, 15) is 0 Å². The molecule has 234 valence electrons. The van der Waals surface area contributed by atoms with E-state index < -0.39 is 0 Å². The van der Waals surface area contributed by atoms with Crippen molar-refractivity contribution < 1.29 is 0 Å². The lowest BCUT2D eigenvalue weighted by molar-refractivity contribution is 1.18. The number of hydrogen-bond acceptors (Lipinski definition) is 1. The summed E-state index contributed by atoms with van der Waals surface area (Å²) in [4.78, 5) is 2.48. The maximum atomic E-state index is 2.48. The molecule has 0 unspecified atom stereocenters. The van der Waals surface area contributed by atoms with Crippen molar-refractivity contribution in [3.63, 3.8) is 0 Å². The van der Waals surface area contributed by atoms with Crippen molar-refractivity contribution in [2.24, 2.45) is 0 Å². The number of fused-ring (bicyclic) bond motifs is 7. The lowest BCUT2D eigenvalue weighted by atomic mass is 9.89. The van der Waals surface area contributed by atoms with Crippen LogP contribution in [-0.4, -0.2) is 4.57 Å². The van der Waals surface area contributed by atoms with E-state index in [1.165, 1.54) is 70.9 Å². The second kappa shape index (κ2) is 11.5. The van der Waals surface area contributed by atoms with Gasteiger partial charge in [-0.05, 0) is 87.1 Å². The molecule has 0 saturated carbocycles. The van der Waals surface area contributed by atoms with Gasteiger partial charge in [0.15, 0.2) is 0 Å². The number of rotatable bonds is 5. The van der Waals surface area contributed by atoms with Gasteiger partial charge in [0.1, 0.15) is 0 Å². The lowest BCUT2D eigenvalue weighted by Gasteiger charge is -2.30. The van der Waals surface area contributed by atoms with Crippen LogP contribution in [0.1, 0.15) is 0 Å². The van der Waals surface area contributed by atoms with Crippen LogP contribution < -0.4 is 4.90 Å². The largest absolute Gasteiger partial charge is 0.309 e. The van der Waals surface area contributed by atoms with Gasteiger partial charge in [-0.25, -0.2) is 0 Å². The van der Waals surface area contributed by atoms with Crippen LogP contribution in [0, 0.1) is 0 Å². The summed E-state index contributed by atoms with van der Waals surface area (Å²) >= 11 is 0. The molecule has 0 amide bonds. The summed E-state index contributed by atoms with van der Waals surface area (Å²) in [6.45, 7) is 0. The van der Waals surface area contributed by atoms with Crippen molar-refractivity contribution >= 4 is 71.2 Å². The molecular weight excluding hydrogens is 605 g/mol. The van der Waals surface area contributed by atoms with Crippen LogP contribution in [-0.2, 0) is 0 Å². The molecule has 1 heterocycles. The molecule has 0 atom stereocenters. The Morgan fingerprint density at radius 3 is 1.70 bits per heavy atom. The summed E-state index contributed by atoms with van der Waals surface area (Å²) in [5.41, 5.74) is 9.36. The fourth-order valence-corrected chi connectivity index (χ4v) is 7.93. The van der Waals surface area contributed by atoms with Crippen LogP contribution in [0.3, 0.4) is 0 Å². The van der Waals surface area contributed by atoms with Crippen LogP contribution in [0.25, 0.3) is 70.9 Å². The SMILES string of the molecule is c1ccc(N(c2ccc3c(c2)c2ccccc2n3-c2ccccc2)c2c(-c3ccc4ccccc4c3)c3ccccc3c3ccccc23)cc1. The molecule has 10 rings (SSSR count). The van der Waals surface area contributed by atoms with E-state index in [0.717, 1.165) is 17.1 Å². The van der Waals surface area contributed by atoms with Crippen LogP contribution in [0.15, 0.2) is 194 Å². The van der Waals surface area contributed by atoms with E-state index >= 15 is 0 Å². The third-order valence-electron chi connectivity index (χ3n) is 10.1. The molecular formula is C48H32N2. The molecule has 9 aromatic carbocycles. The predicted octanol–water partition coefficient (Wildman–Crippen LogP) is 13.4. The topological polar surface area (TPSA) is 8.17 Å². The molecule has 1 aromatic heterocycles. The van der Waals surface area contributed by atoms with E-state index in [4.69, 9.17) is 0 Å². The first kappa shape index (κ1) is 28.4. The van der Waals surface area contributed by atoms with Gasteiger partial charge in [-0.15, -0.1) is 0 Å². The molecule has 2 nitrogen and oxygen atoms in total. The Morgan fingerprint density at radius 2 is 0.920 bits per heavy atom. The summed E-state index contributed by atoms with van der Waals surface area (Å²) in [5, 5.41) is 9.87. The zero-order valence-electron chi connectivity index (χ0n) is 27.4. The average molecular weight is 637 g/mol. The third kappa shape index (κ3) is 4.43. The highest BCUT2D eigenvalue weighted by molar-refractivity contribution is 6.23. The zero-order chi connectivity index (χ0) is 33.0. The van der Waals surface area contributed by atoms with Gasteiger partial charge in [0.05, 0.1) is 16.7 Å². The minimum absolute atomic E-state index is 1.11. The molecule has 0 bridgehead atoms. The van der Waals surface area contributed by atoms with Crippen LogP contribution in [0.5, 0.6) is 0 Å². The normalized spacial score (nSPS) is 11.6. The van der Waals surface area contributed by atoms with Gasteiger partial charge in [-0.1, -0.05) is 140 Å². The minimum atomic E-state index is 1.11. The smallest absolute Gasteiger partial charge is 0.0624 e. The Hall–Kier alpha value is -6.64. The Bertz CT molecular complexity index is 2870. The predicted molar refractivity (Wildman–Crippen MR) is 213 cm³/mol. The molecule has 0 N–H and O–H groups in total. The van der Waals surface area contributed by atoms with E-state index in [0.29, 0.717) is 0 Å². The number of anilines is 3. The first-order chi connectivity index (χ1) is 24.8. The average Bonchev–Trinajstić information content (AvgIpc) is 3.52. The Kier molecular flexibility index (Phi) is 6.53. The summed E-state index contributed by atoms with van der Waals surface area (Å²) in [5.74, 6) is 0. The summed E-state index contributed by atoms with van der Waals surface area (Å²) in [6.07, 6.45) is 0. The summed E-state index contributed by atoms with van der Waals surface area (Å²) in [7, 11) is 0. The molecule has 0 aliphatic carbocycles. The van der Waals surface area contributed by atoms with Gasteiger partial charge in [0.2, 0.25) is 0 Å². The third-order valence-corrected chi connectivity index (χ3v) is 10.1. The van der Waals surface area contributed by atoms with Crippen LogP contribution in [0.4, 0.5) is 17.1 Å². The van der Waals surface area contributed by atoms with Crippen molar-refractivity contribution in [1.82, 2.24) is 4.57 Å². The number of benzene rings is 9. The molecule has 0 fully saturated rings. The second-order valence-corrected chi connectivity index (χ2v) is 12.9. The van der Waals surface area contributed by atoms with E-state index in [1.807, 2.05) is 0 Å². The van der Waals surface area contributed by atoms with Crippen LogP contribution >= 0.6 is 0 Å². The highest BCUT2D eigenvalue weighted by Crippen LogP contribution is 2.50. The zero-order valence-corrected chi connectivity index (χ0v) is 27.4. The maximum absolute atomic E-state index is 2.48. The van der Waals surface area contributed by atoms with E-state index in [1.54, 1.807) is 0 Å². The molecule has 0 radical (unpaired) electrons. The van der Waals surface area contributed by atoms with Crippen molar-refractivity contribution in [1.29, 1.82) is 0 Å². The van der Waals surface area contributed by atoms with Gasteiger partial charge < -0.3 is 9.47 Å². The fourth-order valence-electron chi connectivity index (χ4n) is 7.93. The Morgan fingerprint density at radius 1 is 0.340 bits per heavy atom. The molecule has 50 heavy (non-hydrogen) atoms. The van der Waals surface area contributed by atoms with Crippen molar-refractivity contribution in [3.05, 3.63) is 194 Å². The van der Waals surface area contributed by atoms with Crippen molar-refractivity contribution in [3.8, 4) is 16.8 Å². The van der Waals surface area contributed by atoms with E-state index in [-0.39, 0.29) is 0 Å². The van der Waals surface area contributed by atoms with Crippen LogP contribution in [0.2, 0.25) is 0 Å². The van der Waals surface area contributed by atoms with Gasteiger partial charge in [0.25, 0.3) is 0 Å². The number of aromatic nitrogens is 1. The molecule has 0 spiro atoms. The quantitative estimate of drug-likeness (QED) is 0.171. The van der Waals surface area contributed by atoms with Gasteiger partial charge in [-0.2, -0.15) is 0 Å². The molecule has 2 heteroatoms. The Balaban J connectivity index is 1.33. The molecule has 0 aliphatic heterocycles. The van der Waals surface area contributed by atoms with E-state index in [2.05, 4.69) is 204 Å². The number of hydrogen-bond donors (Lipinski definition) is 0. The highest BCUT2D eigenvalue weighted by Gasteiger charge is 2.24. The summed E-state index contributed by atoms with van der Waals surface area (Å²) < 4.78 is 2.38. The Labute approximate surface area is 290 Å². The first-order valence-corrected chi connectivity index (χ1v) is 17.2. The first-order valence-electron chi connectivity index (χ1n) is 17.2. The number of para-hydroxylation sites is 3. The standard InChI is InChI=1S/C48H32N2/c1-3-17-36(18-4-1)49(38-29-30-46-44(32-38)41-23-13-14-26-45(41)50(46)37-19-5-2-6-20-37)48-43-25-12-10-22-40(43)39-21-9-11-24-42(39)47(48)35-28-27-33-15-7-8-16-34(33)31-35/h1-32H. The number of nitrogens with zero attached hydrogens (tertiary/aromatic N) is 2. The second-order valence-electron chi connectivity index (χ2n) is 12.9. The fraction of sp³-hybridized carbons (Fsp3) is 0. The van der Waals surface area contributed by atoms with Gasteiger partial charge in [0, 0.05) is 38.8 Å². The maximum Gasteiger partial charge on any atom is 0.0624 e. The van der Waals surface area contributed by atoms with Gasteiger partial charge >= 0.3 is 0 Å². The minimum Gasteiger partial charge on any atom is -0.309 e. The lowest BCUT2D eigenvalue weighted by Crippen LogP contribution is -2.12. The molecule has 10 aromatic rings. The highest BCUT2D eigenvalue weighted by atomic mass is 15.1. The monoisotopic (exact) mass is 636 g/mol. The summed E-state index contributed by atoms with van der Waals surface area (Å²) in [6, 6.07) is 70.6. The molecule has 0 aliphatic rings. The van der Waals surface area contributed by atoms with Crippen molar-refractivity contribution in [2.75, 3.05) is 4.90 Å². The van der Waals surface area contributed by atoms with Crippen molar-refractivity contribution in [2.45, 2.75) is 0 Å². The van der Waals surface area contributed by atoms with Gasteiger partial charge in [-0.3, -0.25) is 0 Å². The molecule has 0 saturated heterocycles.